The molecule has 0 N–H and O–H groups in total. The number of fused-ring (bicyclic) bond motifs is 1. The van der Waals surface area contributed by atoms with E-state index in [9.17, 15) is 21.6 Å². The molecule has 3 rings (SSSR count). The van der Waals surface area contributed by atoms with Gasteiger partial charge < -0.3 is 4.90 Å². The molecule has 1 aromatic carbocycles. The second kappa shape index (κ2) is 5.28. The van der Waals surface area contributed by atoms with Gasteiger partial charge in [-0.25, -0.2) is 12.8 Å². The highest BCUT2D eigenvalue weighted by molar-refractivity contribution is 7.91. The van der Waals surface area contributed by atoms with Crippen LogP contribution >= 0.6 is 0 Å². The first-order chi connectivity index (χ1) is 10.4. The molecule has 0 spiro atoms. The van der Waals surface area contributed by atoms with Crippen LogP contribution in [0.15, 0.2) is 35.2 Å². The third-order valence-corrected chi connectivity index (χ3v) is 5.18. The Hall–Kier alpha value is -2.09. The average molecular weight is 328 g/mol. The number of pyridine rings is 1. The quantitative estimate of drug-likeness (QED) is 0.794. The first kappa shape index (κ1) is 14.8. The largest absolute Gasteiger partial charge is 0.361 e. The van der Waals surface area contributed by atoms with Gasteiger partial charge in [0.15, 0.2) is 15.7 Å². The highest BCUT2D eigenvalue weighted by Crippen LogP contribution is 2.35. The Morgan fingerprint density at radius 3 is 2.45 bits per heavy atom. The molecule has 0 radical (unpaired) electrons. The van der Waals surface area contributed by atoms with Gasteiger partial charge in [-0.2, -0.15) is 13.8 Å². The summed E-state index contributed by atoms with van der Waals surface area (Å²) >= 11 is 0. The van der Waals surface area contributed by atoms with Crippen molar-refractivity contribution in [1.82, 2.24) is 4.98 Å². The third kappa shape index (κ3) is 2.43. The molecule has 0 aliphatic carbocycles. The Balaban J connectivity index is 2.14. The molecule has 116 valence electrons. The van der Waals surface area contributed by atoms with Crippen LogP contribution in [0, 0.1) is 17.7 Å². The lowest BCUT2D eigenvalue weighted by atomic mass is 10.2. The van der Waals surface area contributed by atoms with Crippen LogP contribution in [0.3, 0.4) is 0 Å². The normalized spacial score (nSPS) is 16.4. The van der Waals surface area contributed by atoms with E-state index in [1.807, 2.05) is 0 Å². The Morgan fingerprint density at radius 2 is 1.77 bits per heavy atom. The predicted octanol–water partition coefficient (Wildman–Crippen LogP) is 2.29. The van der Waals surface area contributed by atoms with Crippen molar-refractivity contribution in [3.63, 3.8) is 0 Å². The second-order valence-electron chi connectivity index (χ2n) is 4.91. The van der Waals surface area contributed by atoms with Crippen LogP contribution in [0.2, 0.25) is 0 Å². The van der Waals surface area contributed by atoms with Gasteiger partial charge in [0.2, 0.25) is 5.95 Å². The minimum absolute atomic E-state index is 0.0199. The highest BCUT2D eigenvalue weighted by Gasteiger charge is 2.37. The van der Waals surface area contributed by atoms with Crippen LogP contribution in [-0.2, 0) is 16.4 Å². The summed E-state index contributed by atoms with van der Waals surface area (Å²) in [4.78, 5) is 3.24. The van der Waals surface area contributed by atoms with Crippen molar-refractivity contribution in [3.8, 4) is 0 Å². The summed E-state index contributed by atoms with van der Waals surface area (Å²) < 4.78 is 65.0. The fraction of sp³-hybridized carbons (Fsp3) is 0.214. The monoisotopic (exact) mass is 328 g/mol. The molecule has 8 heteroatoms. The number of hydrogen-bond donors (Lipinski definition) is 0. The molecule has 22 heavy (non-hydrogen) atoms. The van der Waals surface area contributed by atoms with Crippen molar-refractivity contribution in [2.45, 2.75) is 11.4 Å². The Morgan fingerprint density at radius 1 is 1.09 bits per heavy atom. The zero-order chi connectivity index (χ0) is 15.9. The number of anilines is 1. The second-order valence-corrected chi connectivity index (χ2v) is 6.96. The number of nitrogens with zero attached hydrogens (tertiary/aromatic N) is 2. The van der Waals surface area contributed by atoms with Crippen molar-refractivity contribution in [2.24, 2.45) is 0 Å². The van der Waals surface area contributed by atoms with Crippen LogP contribution in [0.25, 0.3) is 0 Å². The molecule has 1 aliphatic rings. The molecule has 0 unspecified atom stereocenters. The minimum atomic E-state index is -4.08. The molecule has 2 aromatic rings. The van der Waals surface area contributed by atoms with E-state index in [1.54, 1.807) is 30.3 Å². The van der Waals surface area contributed by atoms with Gasteiger partial charge >= 0.3 is 0 Å². The summed E-state index contributed by atoms with van der Waals surface area (Å²) in [5.41, 5.74) is 0.283. The standard InChI is InChI=1S/C14H11F3N2O2S/c15-10-12-11(14(17)18-13(10)16)19(6-7-22(12,20)21)8-9-4-2-1-3-5-9/h1-5H,6-8H2. The van der Waals surface area contributed by atoms with E-state index in [-0.39, 0.29) is 13.1 Å². The molecule has 1 aromatic heterocycles. The molecule has 0 saturated carbocycles. The fourth-order valence-electron chi connectivity index (χ4n) is 2.44. The van der Waals surface area contributed by atoms with Gasteiger partial charge in [-0.1, -0.05) is 30.3 Å². The molecule has 0 saturated heterocycles. The number of aromatic nitrogens is 1. The molecule has 4 nitrogen and oxygen atoms in total. The van der Waals surface area contributed by atoms with Gasteiger partial charge in [-0.3, -0.25) is 0 Å². The summed E-state index contributed by atoms with van der Waals surface area (Å²) in [5, 5.41) is 0. The minimum Gasteiger partial charge on any atom is -0.361 e. The molecular weight excluding hydrogens is 317 g/mol. The number of sulfone groups is 1. The predicted molar refractivity (Wildman–Crippen MR) is 73.7 cm³/mol. The van der Waals surface area contributed by atoms with Crippen LogP contribution in [-0.4, -0.2) is 25.7 Å². The Bertz CT molecular complexity index is 826. The van der Waals surface area contributed by atoms with Gasteiger partial charge in [-0.05, 0) is 5.56 Å². The van der Waals surface area contributed by atoms with E-state index in [4.69, 9.17) is 0 Å². The number of rotatable bonds is 2. The van der Waals surface area contributed by atoms with Crippen molar-refractivity contribution in [2.75, 3.05) is 17.2 Å². The summed E-state index contributed by atoms with van der Waals surface area (Å²) in [6.45, 7) is 0.154. The van der Waals surface area contributed by atoms with Crippen molar-refractivity contribution in [1.29, 1.82) is 0 Å². The SMILES string of the molecule is O=S1(=O)CCN(Cc2ccccc2)c2c(F)nc(F)c(F)c21. The molecule has 1 aliphatic heterocycles. The molecule has 0 atom stereocenters. The molecule has 0 fully saturated rings. The maximum absolute atomic E-state index is 14.0. The van der Waals surface area contributed by atoms with E-state index < -0.39 is 43.9 Å². The van der Waals surface area contributed by atoms with Gasteiger partial charge in [0.05, 0.1) is 5.75 Å². The first-order valence-corrected chi connectivity index (χ1v) is 8.11. The van der Waals surface area contributed by atoms with E-state index >= 15 is 0 Å². The summed E-state index contributed by atoms with van der Waals surface area (Å²) in [6, 6.07) is 8.89. The number of hydrogen-bond acceptors (Lipinski definition) is 4. The maximum atomic E-state index is 14.0. The lowest BCUT2D eigenvalue weighted by Gasteiger charge is -2.31. The van der Waals surface area contributed by atoms with E-state index in [0.29, 0.717) is 0 Å². The van der Waals surface area contributed by atoms with Crippen LogP contribution in [0.1, 0.15) is 5.56 Å². The Kier molecular flexibility index (Phi) is 3.56. The summed E-state index contributed by atoms with van der Waals surface area (Å²) in [6.07, 6.45) is 0. The zero-order valence-corrected chi connectivity index (χ0v) is 12.1. The molecule has 2 heterocycles. The van der Waals surface area contributed by atoms with Crippen molar-refractivity contribution < 1.29 is 21.6 Å². The van der Waals surface area contributed by atoms with Gasteiger partial charge in [0, 0.05) is 13.1 Å². The number of benzene rings is 1. The summed E-state index contributed by atoms with van der Waals surface area (Å²) in [7, 11) is -4.08. The summed E-state index contributed by atoms with van der Waals surface area (Å²) in [5.74, 6) is -5.12. The first-order valence-electron chi connectivity index (χ1n) is 6.46. The van der Waals surface area contributed by atoms with Crippen molar-refractivity contribution >= 4 is 15.5 Å². The maximum Gasteiger partial charge on any atom is 0.253 e. The number of halogens is 3. The van der Waals surface area contributed by atoms with Gasteiger partial charge in [0.1, 0.15) is 10.6 Å². The van der Waals surface area contributed by atoms with Crippen LogP contribution in [0.5, 0.6) is 0 Å². The van der Waals surface area contributed by atoms with E-state index in [1.165, 1.54) is 4.90 Å². The van der Waals surface area contributed by atoms with Crippen LogP contribution < -0.4 is 4.90 Å². The van der Waals surface area contributed by atoms with E-state index in [2.05, 4.69) is 4.98 Å². The molecule has 0 amide bonds. The fourth-order valence-corrected chi connectivity index (χ4v) is 3.97. The van der Waals surface area contributed by atoms with Crippen molar-refractivity contribution in [3.05, 3.63) is 53.6 Å². The van der Waals surface area contributed by atoms with Gasteiger partial charge in [0.25, 0.3) is 5.95 Å². The molecular formula is C14H11F3N2O2S. The van der Waals surface area contributed by atoms with E-state index in [0.717, 1.165) is 5.56 Å². The lowest BCUT2D eigenvalue weighted by molar-refractivity contribution is 0.425. The highest BCUT2D eigenvalue weighted by atomic mass is 32.2. The Labute approximate surface area is 125 Å². The van der Waals surface area contributed by atoms with Gasteiger partial charge in [-0.15, -0.1) is 0 Å². The zero-order valence-electron chi connectivity index (χ0n) is 11.3. The topological polar surface area (TPSA) is 50.3 Å². The van der Waals surface area contributed by atoms with Crippen LogP contribution in [0.4, 0.5) is 18.9 Å². The average Bonchev–Trinajstić information content (AvgIpc) is 2.47. The molecule has 0 bridgehead atoms. The third-order valence-electron chi connectivity index (χ3n) is 3.46. The smallest absolute Gasteiger partial charge is 0.253 e. The lowest BCUT2D eigenvalue weighted by Crippen LogP contribution is -2.37.